The molecule has 0 aliphatic heterocycles. The zero-order valence-electron chi connectivity index (χ0n) is 9.23. The third-order valence-corrected chi connectivity index (χ3v) is 3.44. The van der Waals surface area contributed by atoms with Crippen molar-refractivity contribution in [3.8, 4) is 0 Å². The van der Waals surface area contributed by atoms with Crippen molar-refractivity contribution >= 4 is 23.4 Å². The first kappa shape index (κ1) is 11.4. The Morgan fingerprint density at radius 1 is 1.38 bits per heavy atom. The molecule has 0 amide bonds. The monoisotopic (exact) mass is 254 g/mol. The van der Waals surface area contributed by atoms with Gasteiger partial charge in [0.05, 0.1) is 5.69 Å². The number of aryl methyl sites for hydroxylation is 3. The first-order valence-electron chi connectivity index (χ1n) is 4.74. The molecule has 0 bridgehead atoms. The highest BCUT2D eigenvalue weighted by molar-refractivity contribution is 7.99. The van der Waals surface area contributed by atoms with Crippen LogP contribution in [0.15, 0.2) is 22.3 Å². The van der Waals surface area contributed by atoms with E-state index < -0.39 is 0 Å². The molecular weight excluding hydrogens is 244 g/mol. The molecule has 0 saturated heterocycles. The minimum absolute atomic E-state index is 0.270. The largest absolute Gasteiger partial charge is 0.261 e. The van der Waals surface area contributed by atoms with Crippen molar-refractivity contribution in [2.75, 3.05) is 0 Å². The maximum Gasteiger partial charge on any atom is 0.223 e. The third kappa shape index (κ3) is 2.36. The van der Waals surface area contributed by atoms with E-state index in [4.69, 9.17) is 11.6 Å². The van der Waals surface area contributed by atoms with Crippen molar-refractivity contribution in [2.45, 2.75) is 23.9 Å². The Morgan fingerprint density at radius 2 is 2.12 bits per heavy atom. The normalized spacial score (nSPS) is 10.8. The highest BCUT2D eigenvalue weighted by Crippen LogP contribution is 2.28. The zero-order valence-corrected chi connectivity index (χ0v) is 10.8. The summed E-state index contributed by atoms with van der Waals surface area (Å²) in [5, 5.41) is 6.45. The number of rotatable bonds is 2. The van der Waals surface area contributed by atoms with E-state index in [0.717, 1.165) is 21.3 Å². The number of aromatic nitrogens is 4. The lowest BCUT2D eigenvalue weighted by Crippen LogP contribution is -1.94. The molecular formula is C10H11ClN4S. The third-order valence-electron chi connectivity index (χ3n) is 2.06. The highest BCUT2D eigenvalue weighted by Gasteiger charge is 2.08. The van der Waals surface area contributed by atoms with E-state index in [-0.39, 0.29) is 5.28 Å². The molecule has 0 saturated carbocycles. The lowest BCUT2D eigenvalue weighted by molar-refractivity contribution is 0.692. The molecule has 0 aliphatic rings. The fourth-order valence-electron chi connectivity index (χ4n) is 1.29. The number of halogens is 1. The van der Waals surface area contributed by atoms with Crippen LogP contribution in [0.25, 0.3) is 0 Å². The van der Waals surface area contributed by atoms with Crippen molar-refractivity contribution in [1.82, 2.24) is 19.7 Å². The summed E-state index contributed by atoms with van der Waals surface area (Å²) < 4.78 is 1.83. The molecule has 84 valence electrons. The fourth-order valence-corrected chi connectivity index (χ4v) is 2.42. The van der Waals surface area contributed by atoms with Crippen molar-refractivity contribution in [1.29, 1.82) is 0 Å². The Labute approximate surface area is 103 Å². The van der Waals surface area contributed by atoms with Gasteiger partial charge in [0.25, 0.3) is 0 Å². The predicted molar refractivity (Wildman–Crippen MR) is 63.8 cm³/mol. The second-order valence-corrected chi connectivity index (χ2v) is 4.82. The van der Waals surface area contributed by atoms with Crippen molar-refractivity contribution in [2.24, 2.45) is 7.05 Å². The summed E-state index contributed by atoms with van der Waals surface area (Å²) in [5.41, 5.74) is 2.00. The summed E-state index contributed by atoms with van der Waals surface area (Å²) in [4.78, 5) is 8.12. The molecule has 2 heterocycles. The molecule has 2 rings (SSSR count). The summed E-state index contributed by atoms with van der Waals surface area (Å²) in [5.74, 6) is 0. The Bertz CT molecular complexity index is 524. The number of nitrogens with zero attached hydrogens (tertiary/aromatic N) is 4. The summed E-state index contributed by atoms with van der Waals surface area (Å²) in [6, 6.07) is 2.01. The van der Waals surface area contributed by atoms with Crippen LogP contribution >= 0.6 is 23.4 Å². The van der Waals surface area contributed by atoms with E-state index in [0.29, 0.717) is 0 Å². The van der Waals surface area contributed by atoms with E-state index in [9.17, 15) is 0 Å². The minimum Gasteiger partial charge on any atom is -0.261 e. The van der Waals surface area contributed by atoms with Crippen molar-refractivity contribution in [3.05, 3.63) is 28.8 Å². The van der Waals surface area contributed by atoms with Crippen LogP contribution in [-0.4, -0.2) is 19.7 Å². The first-order chi connectivity index (χ1) is 7.56. The summed E-state index contributed by atoms with van der Waals surface area (Å²) in [7, 11) is 1.91. The molecule has 0 N–H and O–H groups in total. The van der Waals surface area contributed by atoms with Crippen LogP contribution in [-0.2, 0) is 7.05 Å². The molecule has 6 heteroatoms. The summed E-state index contributed by atoms with van der Waals surface area (Å²) in [6.07, 6.45) is 1.72. The van der Waals surface area contributed by atoms with Crippen LogP contribution in [0.3, 0.4) is 0 Å². The second-order valence-electron chi connectivity index (χ2n) is 3.48. The van der Waals surface area contributed by atoms with Gasteiger partial charge in [0, 0.05) is 18.8 Å². The standard InChI is InChI=1S/C10H11ClN4S/c1-6-5-12-10(11)13-9(6)16-8-4-7(2)14-15(8)3/h4-5H,1-3H3. The van der Waals surface area contributed by atoms with Gasteiger partial charge in [-0.25, -0.2) is 9.97 Å². The van der Waals surface area contributed by atoms with Crippen LogP contribution in [0, 0.1) is 13.8 Å². The van der Waals surface area contributed by atoms with Gasteiger partial charge in [-0.05, 0) is 43.3 Å². The van der Waals surface area contributed by atoms with Crippen LogP contribution in [0.2, 0.25) is 5.28 Å². The maximum atomic E-state index is 5.77. The first-order valence-corrected chi connectivity index (χ1v) is 5.93. The molecule has 2 aromatic rings. The lowest BCUT2D eigenvalue weighted by atomic mass is 10.4. The van der Waals surface area contributed by atoms with Crippen LogP contribution < -0.4 is 0 Å². The predicted octanol–water partition coefficient (Wildman–Crippen LogP) is 2.63. The smallest absolute Gasteiger partial charge is 0.223 e. The maximum absolute atomic E-state index is 5.77. The summed E-state index contributed by atoms with van der Waals surface area (Å²) in [6.45, 7) is 3.92. The van der Waals surface area contributed by atoms with E-state index in [1.807, 2.05) is 31.6 Å². The van der Waals surface area contributed by atoms with Crippen LogP contribution in [0.4, 0.5) is 0 Å². The Hall–Kier alpha value is -1.07. The SMILES string of the molecule is Cc1cc(Sc2nc(Cl)ncc2C)n(C)n1. The van der Waals surface area contributed by atoms with Gasteiger partial charge >= 0.3 is 0 Å². The molecule has 0 aromatic carbocycles. The van der Waals surface area contributed by atoms with Crippen molar-refractivity contribution in [3.63, 3.8) is 0 Å². The highest BCUT2D eigenvalue weighted by atomic mass is 35.5. The van der Waals surface area contributed by atoms with Gasteiger partial charge in [-0.1, -0.05) is 0 Å². The zero-order chi connectivity index (χ0) is 11.7. The van der Waals surface area contributed by atoms with Gasteiger partial charge in [0.1, 0.15) is 10.1 Å². The molecule has 2 aromatic heterocycles. The number of hydrogen-bond donors (Lipinski definition) is 0. The minimum atomic E-state index is 0.270. The topological polar surface area (TPSA) is 43.6 Å². The molecule has 0 aliphatic carbocycles. The average Bonchev–Trinajstić information content (AvgIpc) is 2.51. The molecule has 0 atom stereocenters. The quantitative estimate of drug-likeness (QED) is 0.610. The van der Waals surface area contributed by atoms with Crippen LogP contribution in [0.5, 0.6) is 0 Å². The van der Waals surface area contributed by atoms with Gasteiger partial charge in [-0.15, -0.1) is 0 Å². The second kappa shape index (κ2) is 4.43. The van der Waals surface area contributed by atoms with Crippen molar-refractivity contribution < 1.29 is 0 Å². The van der Waals surface area contributed by atoms with Gasteiger partial charge in [0.2, 0.25) is 5.28 Å². The summed E-state index contributed by atoms with van der Waals surface area (Å²) >= 11 is 7.31. The molecule has 4 nitrogen and oxygen atoms in total. The molecule has 0 unspecified atom stereocenters. The fraction of sp³-hybridized carbons (Fsp3) is 0.300. The Morgan fingerprint density at radius 3 is 2.75 bits per heavy atom. The molecule has 0 radical (unpaired) electrons. The average molecular weight is 255 g/mol. The molecule has 0 fully saturated rings. The van der Waals surface area contributed by atoms with Gasteiger partial charge in [-0.2, -0.15) is 5.10 Å². The van der Waals surface area contributed by atoms with E-state index in [1.54, 1.807) is 18.0 Å². The Balaban J connectivity index is 2.33. The molecule has 0 spiro atoms. The number of hydrogen-bond acceptors (Lipinski definition) is 4. The van der Waals surface area contributed by atoms with Gasteiger partial charge < -0.3 is 0 Å². The van der Waals surface area contributed by atoms with Gasteiger partial charge in [-0.3, -0.25) is 4.68 Å². The Kier molecular flexibility index (Phi) is 3.16. The van der Waals surface area contributed by atoms with E-state index in [1.165, 1.54) is 0 Å². The van der Waals surface area contributed by atoms with Crippen LogP contribution in [0.1, 0.15) is 11.3 Å². The van der Waals surface area contributed by atoms with E-state index in [2.05, 4.69) is 15.1 Å². The van der Waals surface area contributed by atoms with Gasteiger partial charge in [0.15, 0.2) is 0 Å². The van der Waals surface area contributed by atoms with E-state index >= 15 is 0 Å². The lowest BCUT2D eigenvalue weighted by Gasteiger charge is -2.03. The molecule has 16 heavy (non-hydrogen) atoms.